The second-order valence-corrected chi connectivity index (χ2v) is 0.180. The van der Waals surface area contributed by atoms with Crippen molar-refractivity contribution in [1.82, 2.24) is 0 Å². The molecule has 5 heavy (non-hydrogen) atoms. The zero-order chi connectivity index (χ0) is 3.41. The third-order valence-electron chi connectivity index (χ3n) is 0.0430. The third kappa shape index (κ3) is 11.8. The van der Waals surface area contributed by atoms with Gasteiger partial charge in [0.05, 0.1) is 0 Å². The van der Waals surface area contributed by atoms with Crippen LogP contribution in [0.3, 0.4) is 0 Å². The van der Waals surface area contributed by atoms with Gasteiger partial charge in [-0.25, -0.2) is 0 Å². The molecule has 0 aliphatic rings. The normalized spacial score (nSPS) is 4.00. The molecular weight excluding hydrogens is 96.9 g/mol. The van der Waals surface area contributed by atoms with Gasteiger partial charge in [-0.2, -0.15) is 0 Å². The van der Waals surface area contributed by atoms with Gasteiger partial charge in [0, 0.05) is 0 Å². The topological polar surface area (TPSA) is 38.7 Å². The summed E-state index contributed by atoms with van der Waals surface area (Å²) in [7, 11) is 4.05. The molecule has 2 radical (unpaired) electrons. The van der Waals surface area contributed by atoms with Gasteiger partial charge >= 0.3 is 45.8 Å². The predicted molar refractivity (Wildman–Crippen MR) is 20.6 cm³/mol. The Labute approximate surface area is 63.4 Å². The van der Waals surface area contributed by atoms with Crippen LogP contribution in [0.2, 0.25) is 0 Å². The van der Waals surface area contributed by atoms with Crippen molar-refractivity contribution in [2.24, 2.45) is 5.34 Å². The third-order valence-corrected chi connectivity index (χ3v) is 0.0430. The van der Waals surface area contributed by atoms with E-state index >= 15 is 0 Å². The quantitative estimate of drug-likeness (QED) is 0.255. The van der Waals surface area contributed by atoms with Crippen molar-refractivity contribution in [2.75, 3.05) is 0 Å². The van der Waals surface area contributed by atoms with Gasteiger partial charge in [-0.3, -0.25) is 0 Å². The first-order valence-corrected chi connectivity index (χ1v) is 0.601. The Hall–Kier alpha value is 0.725. The van der Waals surface area contributed by atoms with Gasteiger partial charge in [-0.1, -0.05) is 0 Å². The van der Waals surface area contributed by atoms with Crippen LogP contribution in [0.15, 0.2) is 5.34 Å². The fourth-order valence-electron chi connectivity index (χ4n) is 0. The molecule has 0 N–H and O–H groups in total. The number of nitrogens with zero attached hydrogens (tertiary/aromatic N) is 1. The van der Waals surface area contributed by atoms with Gasteiger partial charge in [0.2, 0.25) is 0 Å². The fourth-order valence-corrected chi connectivity index (χ4v) is 0. The van der Waals surface area contributed by atoms with Gasteiger partial charge in [0.1, 0.15) is 5.34 Å². The number of hydrogen-bond donors (Lipinski definition) is 0. The minimum atomic E-state index is 0. The minimum absolute atomic E-state index is 0. The van der Waals surface area contributed by atoms with Crippen LogP contribution < -0.4 is 0 Å². The van der Waals surface area contributed by atoms with Gasteiger partial charge in [-0.15, -0.1) is 4.91 Å². The molecule has 0 rings (SSSR count). The number of hydrogen-bond acceptors (Lipinski definition) is 3. The molecule has 0 saturated carbocycles. The summed E-state index contributed by atoms with van der Waals surface area (Å²) in [5.41, 5.74) is 0. The van der Waals surface area contributed by atoms with Crippen molar-refractivity contribution in [1.29, 1.82) is 0 Å². The maximum Gasteiger partial charge on any atom is 2.00 e. The molecule has 0 spiro atoms. The Morgan fingerprint density at radius 2 is 2.20 bits per heavy atom. The van der Waals surface area contributed by atoms with Crippen molar-refractivity contribution in [2.45, 2.75) is 0 Å². The average Bonchev–Trinajstić information content (AvgIpc) is 1.37. The monoisotopic (exact) mass is 99.0 g/mol. The second-order valence-electron chi connectivity index (χ2n) is 0.180. The second kappa shape index (κ2) is 8.83. The molecule has 24 valence electrons. The predicted octanol–water partition coefficient (Wildman–Crippen LogP) is -0.388. The SMILES string of the molecule is [B]ON=O.[Ca+2].[H-].[H-]. The van der Waals surface area contributed by atoms with E-state index in [1.165, 1.54) is 0 Å². The summed E-state index contributed by atoms with van der Waals surface area (Å²) < 4.78 is 3.11. The van der Waals surface area contributed by atoms with E-state index in [-0.39, 0.29) is 40.6 Å². The molecular formula is H2BCaNO2. The van der Waals surface area contributed by atoms with Gasteiger partial charge in [0.25, 0.3) is 0 Å². The van der Waals surface area contributed by atoms with Crippen LogP contribution in [0.25, 0.3) is 0 Å². The standard InChI is InChI=1S/BNO2.Ca.2H/c1-4-2-3;;;/q;+2;2*-1. The van der Waals surface area contributed by atoms with E-state index in [9.17, 15) is 0 Å². The molecule has 0 aromatic rings. The van der Waals surface area contributed by atoms with Crippen LogP contribution in [0, 0.1) is 4.91 Å². The molecule has 3 nitrogen and oxygen atoms in total. The largest absolute Gasteiger partial charge is 2.00 e. The summed E-state index contributed by atoms with van der Waals surface area (Å²) in [4.78, 5) is 8.58. The first-order valence-electron chi connectivity index (χ1n) is 0.601. The minimum Gasteiger partial charge on any atom is -1.00 e. The molecule has 0 aliphatic heterocycles. The molecule has 5 heteroatoms. The summed E-state index contributed by atoms with van der Waals surface area (Å²) in [5, 5.41) is 1.76. The number of rotatable bonds is 1. The van der Waals surface area contributed by atoms with Gasteiger partial charge < -0.3 is 7.61 Å². The Bertz CT molecular complexity index is 29.7. The van der Waals surface area contributed by atoms with Crippen molar-refractivity contribution < 1.29 is 7.61 Å². The van der Waals surface area contributed by atoms with Crippen molar-refractivity contribution in [3.63, 3.8) is 0 Å². The molecule has 0 aromatic carbocycles. The molecule has 0 heterocycles. The van der Waals surface area contributed by atoms with Crippen molar-refractivity contribution in [3.8, 4) is 0 Å². The Kier molecular flexibility index (Phi) is 16.3. The summed E-state index contributed by atoms with van der Waals surface area (Å²) in [5.74, 6) is 0. The first-order chi connectivity index (χ1) is 1.91. The summed E-state index contributed by atoms with van der Waals surface area (Å²) in [6.45, 7) is 0. The van der Waals surface area contributed by atoms with Crippen LogP contribution in [-0.4, -0.2) is 45.8 Å². The fraction of sp³-hybridized carbons (Fsp3) is 0. The van der Waals surface area contributed by atoms with Gasteiger partial charge in [0.15, 0.2) is 0 Å². The van der Waals surface area contributed by atoms with Crippen molar-refractivity contribution >= 4 is 45.8 Å². The summed E-state index contributed by atoms with van der Waals surface area (Å²) in [6, 6.07) is 0. The molecule has 0 aliphatic carbocycles. The summed E-state index contributed by atoms with van der Waals surface area (Å²) in [6.07, 6.45) is 0. The average molecular weight is 98.9 g/mol. The molecule has 0 amide bonds. The Balaban J connectivity index is -0.0000000150. The van der Waals surface area contributed by atoms with E-state index in [1.54, 1.807) is 5.34 Å². The van der Waals surface area contributed by atoms with E-state index in [2.05, 4.69) is 12.8 Å². The van der Waals surface area contributed by atoms with Crippen LogP contribution >= 0.6 is 0 Å². The van der Waals surface area contributed by atoms with E-state index in [1.807, 2.05) is 0 Å². The van der Waals surface area contributed by atoms with Crippen LogP contribution in [0.4, 0.5) is 0 Å². The smallest absolute Gasteiger partial charge is 1.00 e. The molecule has 0 saturated heterocycles. The van der Waals surface area contributed by atoms with E-state index in [0.29, 0.717) is 0 Å². The first kappa shape index (κ1) is 9.21. The molecule has 0 aromatic heterocycles. The van der Waals surface area contributed by atoms with Crippen molar-refractivity contribution in [3.05, 3.63) is 4.91 Å². The van der Waals surface area contributed by atoms with Gasteiger partial charge in [-0.05, 0) is 0 Å². The Morgan fingerprint density at radius 3 is 2.20 bits per heavy atom. The molecule has 0 atom stereocenters. The summed E-state index contributed by atoms with van der Waals surface area (Å²) >= 11 is 0. The zero-order valence-electron chi connectivity index (χ0n) is 4.55. The molecule has 0 fully saturated rings. The molecule has 0 bridgehead atoms. The maximum absolute atomic E-state index is 8.58. The zero-order valence-corrected chi connectivity index (χ0v) is 4.76. The van der Waals surface area contributed by atoms with Crippen LogP contribution in [-0.2, 0) is 4.76 Å². The van der Waals surface area contributed by atoms with E-state index in [4.69, 9.17) is 4.91 Å². The molecule has 0 unspecified atom stereocenters. The van der Waals surface area contributed by atoms with E-state index < -0.39 is 0 Å². The maximum atomic E-state index is 8.58. The van der Waals surface area contributed by atoms with E-state index in [0.717, 1.165) is 0 Å². The van der Waals surface area contributed by atoms with Crippen LogP contribution in [0.5, 0.6) is 0 Å². The Morgan fingerprint density at radius 1 is 2.00 bits per heavy atom. The van der Waals surface area contributed by atoms with Crippen LogP contribution in [0.1, 0.15) is 2.85 Å².